The highest BCUT2D eigenvalue weighted by Gasteiger charge is 2.21. The number of rotatable bonds is 5. The molecule has 0 aromatic heterocycles. The molecule has 110 valence electrons. The van der Waals surface area contributed by atoms with E-state index in [1.807, 2.05) is 0 Å². The number of hydrogen-bond donors (Lipinski definition) is 2. The number of benzene rings is 1. The predicted molar refractivity (Wildman–Crippen MR) is 69.5 cm³/mol. The van der Waals surface area contributed by atoms with Crippen LogP contribution in [0.4, 0.5) is 14.5 Å². The Morgan fingerprint density at radius 2 is 1.95 bits per heavy atom. The maximum Gasteiger partial charge on any atom is 0.340 e. The van der Waals surface area contributed by atoms with Crippen molar-refractivity contribution in [2.45, 2.75) is 19.9 Å². The minimum Gasteiger partial charge on any atom is -0.465 e. The van der Waals surface area contributed by atoms with Crippen molar-refractivity contribution in [3.63, 3.8) is 0 Å². The van der Waals surface area contributed by atoms with Gasteiger partial charge in [0.25, 0.3) is 0 Å². The lowest BCUT2D eigenvalue weighted by molar-refractivity contribution is -0.121. The lowest BCUT2D eigenvalue weighted by Gasteiger charge is -2.16. The molecular weight excluding hydrogens is 270 g/mol. The van der Waals surface area contributed by atoms with Crippen molar-refractivity contribution in [3.8, 4) is 0 Å². The van der Waals surface area contributed by atoms with Crippen LogP contribution in [0.5, 0.6) is 0 Å². The van der Waals surface area contributed by atoms with Crippen molar-refractivity contribution in [2.75, 3.05) is 19.0 Å². The first-order valence-electron chi connectivity index (χ1n) is 6.02. The summed E-state index contributed by atoms with van der Waals surface area (Å²) >= 11 is 0. The fourth-order valence-corrected chi connectivity index (χ4v) is 1.55. The topological polar surface area (TPSA) is 67.4 Å². The van der Waals surface area contributed by atoms with Crippen molar-refractivity contribution in [1.29, 1.82) is 0 Å². The molecule has 0 bridgehead atoms. The number of halogens is 2. The molecule has 0 fully saturated rings. The van der Waals surface area contributed by atoms with Crippen LogP contribution in [0, 0.1) is 11.6 Å². The summed E-state index contributed by atoms with van der Waals surface area (Å²) < 4.78 is 31.8. The van der Waals surface area contributed by atoms with Crippen LogP contribution in [0.3, 0.4) is 0 Å². The molecule has 1 aromatic rings. The van der Waals surface area contributed by atoms with E-state index in [1.54, 1.807) is 6.92 Å². The van der Waals surface area contributed by atoms with Crippen LogP contribution in [0.1, 0.15) is 24.2 Å². The summed E-state index contributed by atoms with van der Waals surface area (Å²) in [5, 5.41) is 5.09. The molecule has 7 heteroatoms. The van der Waals surface area contributed by atoms with Gasteiger partial charge in [-0.3, -0.25) is 4.79 Å². The van der Waals surface area contributed by atoms with E-state index in [-0.39, 0.29) is 11.6 Å². The first kappa shape index (κ1) is 15.9. The molecule has 20 heavy (non-hydrogen) atoms. The van der Waals surface area contributed by atoms with Crippen molar-refractivity contribution >= 4 is 17.6 Å². The first-order valence-corrected chi connectivity index (χ1v) is 6.02. The van der Waals surface area contributed by atoms with Crippen LogP contribution >= 0.6 is 0 Å². The van der Waals surface area contributed by atoms with Gasteiger partial charge in [-0.25, -0.2) is 13.6 Å². The van der Waals surface area contributed by atoms with E-state index in [2.05, 4.69) is 15.4 Å². The van der Waals surface area contributed by atoms with Crippen LogP contribution in [0.2, 0.25) is 0 Å². The van der Waals surface area contributed by atoms with Gasteiger partial charge in [0.1, 0.15) is 6.04 Å². The van der Waals surface area contributed by atoms with E-state index in [0.717, 1.165) is 13.2 Å². The Bertz CT molecular complexity index is 521. The van der Waals surface area contributed by atoms with Crippen LogP contribution in [0.25, 0.3) is 0 Å². The second kappa shape index (κ2) is 6.83. The smallest absolute Gasteiger partial charge is 0.340 e. The summed E-state index contributed by atoms with van der Waals surface area (Å²) in [6.45, 7) is 3.69. The molecule has 0 aliphatic heterocycles. The Morgan fingerprint density at radius 3 is 2.50 bits per heavy atom. The molecular formula is C13H16F2N2O3. The van der Waals surface area contributed by atoms with Crippen LogP contribution in [-0.4, -0.2) is 31.6 Å². The zero-order chi connectivity index (χ0) is 15.3. The van der Waals surface area contributed by atoms with Gasteiger partial charge in [-0.2, -0.15) is 0 Å². The summed E-state index contributed by atoms with van der Waals surface area (Å²) in [7, 11) is 1.07. The number of esters is 1. The fraction of sp³-hybridized carbons (Fsp3) is 0.385. The van der Waals surface area contributed by atoms with Gasteiger partial charge in [0.15, 0.2) is 11.6 Å². The molecule has 1 aromatic carbocycles. The van der Waals surface area contributed by atoms with E-state index in [1.165, 1.54) is 13.0 Å². The molecule has 0 heterocycles. The molecule has 1 amide bonds. The highest BCUT2D eigenvalue weighted by molar-refractivity contribution is 5.90. The van der Waals surface area contributed by atoms with Gasteiger partial charge in [-0.1, -0.05) is 0 Å². The Balaban J connectivity index is 2.96. The largest absolute Gasteiger partial charge is 0.465 e. The van der Waals surface area contributed by atoms with E-state index >= 15 is 0 Å². The second-order valence-electron chi connectivity index (χ2n) is 4.04. The van der Waals surface area contributed by atoms with Gasteiger partial charge < -0.3 is 15.4 Å². The number of hydrogen-bond acceptors (Lipinski definition) is 4. The summed E-state index contributed by atoms with van der Waals surface area (Å²) in [5.41, 5.74) is -0.699. The normalized spacial score (nSPS) is 11.7. The van der Waals surface area contributed by atoms with E-state index < -0.39 is 29.2 Å². The van der Waals surface area contributed by atoms with Gasteiger partial charge in [0.2, 0.25) is 5.91 Å². The summed E-state index contributed by atoms with van der Waals surface area (Å²) in [6.07, 6.45) is 0. The SMILES string of the molecule is CCNC(=O)C(C)Nc1ccc(C(=O)OC)c(F)c1F. The zero-order valence-electron chi connectivity index (χ0n) is 11.4. The molecule has 2 N–H and O–H groups in total. The van der Waals surface area contributed by atoms with Crippen molar-refractivity contribution < 1.29 is 23.1 Å². The second-order valence-corrected chi connectivity index (χ2v) is 4.04. The van der Waals surface area contributed by atoms with Crippen molar-refractivity contribution in [3.05, 3.63) is 29.3 Å². The minimum atomic E-state index is -1.31. The van der Waals surface area contributed by atoms with Gasteiger partial charge in [0, 0.05) is 6.54 Å². The predicted octanol–water partition coefficient (Wildman–Crippen LogP) is 1.69. The third-order valence-electron chi connectivity index (χ3n) is 2.60. The standard InChI is InChI=1S/C13H16F2N2O3/c1-4-16-12(18)7(2)17-9-6-5-8(13(19)20-3)10(14)11(9)15/h5-7,17H,4H2,1-3H3,(H,16,18). The molecule has 0 radical (unpaired) electrons. The number of anilines is 1. The molecule has 1 atom stereocenters. The van der Waals surface area contributed by atoms with Crippen molar-refractivity contribution in [2.24, 2.45) is 0 Å². The number of nitrogens with one attached hydrogen (secondary N) is 2. The maximum atomic E-state index is 13.8. The average molecular weight is 286 g/mol. The number of likely N-dealkylation sites (N-methyl/N-ethyl adjacent to an activating group) is 1. The number of ether oxygens (including phenoxy) is 1. The molecule has 1 rings (SSSR count). The highest BCUT2D eigenvalue weighted by Crippen LogP contribution is 2.21. The quantitative estimate of drug-likeness (QED) is 0.808. The van der Waals surface area contributed by atoms with Gasteiger partial charge in [-0.15, -0.1) is 0 Å². The van der Waals surface area contributed by atoms with E-state index in [4.69, 9.17) is 0 Å². The van der Waals surface area contributed by atoms with Crippen LogP contribution in [-0.2, 0) is 9.53 Å². The number of amides is 1. The zero-order valence-corrected chi connectivity index (χ0v) is 11.4. The molecule has 0 spiro atoms. The minimum absolute atomic E-state index is 0.200. The molecule has 5 nitrogen and oxygen atoms in total. The highest BCUT2D eigenvalue weighted by atomic mass is 19.2. The summed E-state index contributed by atoms with van der Waals surface area (Å²) in [4.78, 5) is 22.7. The lowest BCUT2D eigenvalue weighted by atomic mass is 10.1. The Kier molecular flexibility index (Phi) is 5.42. The van der Waals surface area contributed by atoms with Crippen molar-refractivity contribution in [1.82, 2.24) is 5.32 Å². The molecule has 0 aliphatic carbocycles. The third kappa shape index (κ3) is 3.43. The summed E-state index contributed by atoms with van der Waals surface area (Å²) in [6, 6.07) is 1.53. The summed E-state index contributed by atoms with van der Waals surface area (Å²) in [5.74, 6) is -3.86. The first-order chi connectivity index (χ1) is 9.42. The Morgan fingerprint density at radius 1 is 1.30 bits per heavy atom. The van der Waals surface area contributed by atoms with Gasteiger partial charge in [-0.05, 0) is 26.0 Å². The maximum absolute atomic E-state index is 13.8. The van der Waals surface area contributed by atoms with Gasteiger partial charge >= 0.3 is 5.97 Å². The third-order valence-corrected chi connectivity index (χ3v) is 2.60. The van der Waals surface area contributed by atoms with Crippen LogP contribution < -0.4 is 10.6 Å². The number of methoxy groups -OCH3 is 1. The lowest BCUT2D eigenvalue weighted by Crippen LogP contribution is -2.37. The Labute approximate surface area is 115 Å². The molecule has 0 saturated heterocycles. The molecule has 0 aliphatic rings. The molecule has 0 saturated carbocycles. The number of carbonyl (C=O) groups excluding carboxylic acids is 2. The molecule has 1 unspecified atom stereocenters. The number of carbonyl (C=O) groups is 2. The monoisotopic (exact) mass is 286 g/mol. The Hall–Kier alpha value is -2.18. The van der Waals surface area contributed by atoms with E-state index in [0.29, 0.717) is 6.54 Å². The van der Waals surface area contributed by atoms with Gasteiger partial charge in [0.05, 0.1) is 18.4 Å². The van der Waals surface area contributed by atoms with Crippen LogP contribution in [0.15, 0.2) is 12.1 Å². The van der Waals surface area contributed by atoms with E-state index in [9.17, 15) is 18.4 Å². The average Bonchev–Trinajstić information content (AvgIpc) is 2.43. The fourth-order valence-electron chi connectivity index (χ4n) is 1.55.